The highest BCUT2D eigenvalue weighted by molar-refractivity contribution is 6.05. The van der Waals surface area contributed by atoms with Crippen LogP contribution < -0.4 is 10.7 Å². The molecule has 0 saturated heterocycles. The van der Waals surface area contributed by atoms with Gasteiger partial charge in [0.2, 0.25) is 5.43 Å². The first-order valence-electron chi connectivity index (χ1n) is 8.78. The Kier molecular flexibility index (Phi) is 5.49. The van der Waals surface area contributed by atoms with Crippen molar-refractivity contribution < 1.29 is 9.90 Å². The molecule has 0 aliphatic heterocycles. The van der Waals surface area contributed by atoms with Crippen LogP contribution in [0.2, 0.25) is 0 Å². The van der Waals surface area contributed by atoms with Gasteiger partial charge in [0.25, 0.3) is 5.91 Å². The lowest BCUT2D eigenvalue weighted by atomic mass is 10.0. The Morgan fingerprint density at radius 1 is 1.15 bits per heavy atom. The van der Waals surface area contributed by atoms with Crippen molar-refractivity contribution in [2.24, 2.45) is 0 Å². The van der Waals surface area contributed by atoms with E-state index in [2.05, 4.69) is 17.2 Å². The van der Waals surface area contributed by atoms with Crippen molar-refractivity contribution in [3.8, 4) is 0 Å². The smallest absolute Gasteiger partial charge is 0.261 e. The molecule has 0 aliphatic carbocycles. The summed E-state index contributed by atoms with van der Waals surface area (Å²) in [5.74, 6) is -0.470. The summed E-state index contributed by atoms with van der Waals surface area (Å²) in [6.45, 7) is 2.04. The quantitative estimate of drug-likeness (QED) is 0.635. The number of unbranched alkanes of at least 4 members (excludes halogenated alkanes) is 1. The number of carbonyl (C=O) groups is 1. The van der Waals surface area contributed by atoms with E-state index in [1.165, 1.54) is 6.20 Å². The molecule has 0 atom stereocenters. The van der Waals surface area contributed by atoms with Gasteiger partial charge in [0.05, 0.1) is 6.61 Å². The fraction of sp³-hybridized carbons (Fsp3) is 0.238. The monoisotopic (exact) mass is 350 g/mol. The number of hydrogen-bond acceptors (Lipinski definition) is 3. The third kappa shape index (κ3) is 3.68. The molecule has 0 unspecified atom stereocenters. The van der Waals surface area contributed by atoms with E-state index in [0.29, 0.717) is 16.6 Å². The molecule has 134 valence electrons. The van der Waals surface area contributed by atoms with E-state index < -0.39 is 5.91 Å². The molecule has 3 rings (SSSR count). The molecular weight excluding hydrogens is 328 g/mol. The van der Waals surface area contributed by atoms with E-state index in [1.54, 1.807) is 30.3 Å². The van der Waals surface area contributed by atoms with Gasteiger partial charge in [-0.15, -0.1) is 0 Å². The van der Waals surface area contributed by atoms with Crippen molar-refractivity contribution in [2.45, 2.75) is 32.8 Å². The maximum absolute atomic E-state index is 12.5. The third-order valence-electron chi connectivity index (χ3n) is 4.47. The number of aryl methyl sites for hydroxylation is 1. The molecule has 0 aliphatic rings. The molecule has 0 bridgehead atoms. The molecule has 0 radical (unpaired) electrons. The molecule has 0 fully saturated rings. The average molecular weight is 350 g/mol. The number of anilines is 1. The molecule has 1 amide bonds. The SMILES string of the molecule is CCCCc1ccc(NC(=O)c2c[nH]c3ccccc3c2=O)cc1CO. The zero-order valence-electron chi connectivity index (χ0n) is 14.7. The maximum atomic E-state index is 12.5. The third-order valence-corrected chi connectivity index (χ3v) is 4.47. The summed E-state index contributed by atoms with van der Waals surface area (Å²) in [5.41, 5.74) is 2.88. The number of rotatable bonds is 6. The number of pyridine rings is 1. The van der Waals surface area contributed by atoms with Crippen LogP contribution in [0.3, 0.4) is 0 Å². The molecule has 5 nitrogen and oxygen atoms in total. The summed E-state index contributed by atoms with van der Waals surface area (Å²) in [5, 5.41) is 12.8. The van der Waals surface area contributed by atoms with Crippen LogP contribution in [0.15, 0.2) is 53.5 Å². The number of aliphatic hydroxyl groups is 1. The fourth-order valence-electron chi connectivity index (χ4n) is 3.00. The first kappa shape index (κ1) is 17.9. The minimum Gasteiger partial charge on any atom is -0.392 e. The van der Waals surface area contributed by atoms with E-state index in [-0.39, 0.29) is 17.6 Å². The highest BCUT2D eigenvalue weighted by Crippen LogP contribution is 2.19. The van der Waals surface area contributed by atoms with Crippen molar-refractivity contribution in [1.82, 2.24) is 4.98 Å². The Labute approximate surface area is 151 Å². The van der Waals surface area contributed by atoms with Crippen molar-refractivity contribution in [1.29, 1.82) is 0 Å². The lowest BCUT2D eigenvalue weighted by Gasteiger charge is -2.11. The molecule has 3 aromatic rings. The van der Waals surface area contributed by atoms with Crippen LogP contribution in [0, 0.1) is 0 Å². The van der Waals surface area contributed by atoms with Gasteiger partial charge in [-0.25, -0.2) is 0 Å². The van der Waals surface area contributed by atoms with E-state index in [4.69, 9.17) is 0 Å². The molecule has 3 N–H and O–H groups in total. The van der Waals surface area contributed by atoms with Crippen LogP contribution in [-0.4, -0.2) is 16.0 Å². The average Bonchev–Trinajstić information content (AvgIpc) is 2.67. The highest BCUT2D eigenvalue weighted by Gasteiger charge is 2.14. The molecule has 1 aromatic heterocycles. The molecule has 26 heavy (non-hydrogen) atoms. The molecular formula is C21H22N2O3. The number of H-pyrrole nitrogens is 1. The van der Waals surface area contributed by atoms with Crippen molar-refractivity contribution in [3.05, 3.63) is 75.6 Å². The molecule has 1 heterocycles. The number of hydrogen-bond donors (Lipinski definition) is 3. The number of carbonyl (C=O) groups excluding carboxylic acids is 1. The van der Waals surface area contributed by atoms with Crippen molar-refractivity contribution in [3.63, 3.8) is 0 Å². The predicted octanol–water partition coefficient (Wildman–Crippen LogP) is 3.62. The van der Waals surface area contributed by atoms with E-state index >= 15 is 0 Å². The Hall–Kier alpha value is -2.92. The number of para-hydroxylation sites is 1. The second-order valence-electron chi connectivity index (χ2n) is 6.28. The van der Waals surface area contributed by atoms with E-state index in [1.807, 2.05) is 12.1 Å². The minimum atomic E-state index is -0.470. The van der Waals surface area contributed by atoms with Gasteiger partial charge in [0, 0.05) is 22.8 Å². The van der Waals surface area contributed by atoms with Crippen molar-refractivity contribution in [2.75, 3.05) is 5.32 Å². The number of aliphatic hydroxyl groups excluding tert-OH is 1. The van der Waals surface area contributed by atoms with Crippen LogP contribution in [0.4, 0.5) is 5.69 Å². The lowest BCUT2D eigenvalue weighted by molar-refractivity contribution is 0.102. The van der Waals surface area contributed by atoms with Gasteiger partial charge in [0.15, 0.2) is 0 Å². The number of aromatic amines is 1. The van der Waals surface area contributed by atoms with Gasteiger partial charge >= 0.3 is 0 Å². The number of nitrogens with one attached hydrogen (secondary N) is 2. The molecule has 5 heteroatoms. The van der Waals surface area contributed by atoms with Gasteiger partial charge in [0.1, 0.15) is 5.56 Å². The Bertz CT molecular complexity index is 992. The Morgan fingerprint density at radius 2 is 1.96 bits per heavy atom. The van der Waals surface area contributed by atoms with Gasteiger partial charge in [-0.1, -0.05) is 31.5 Å². The number of benzene rings is 2. The topological polar surface area (TPSA) is 82.2 Å². The molecule has 2 aromatic carbocycles. The van der Waals surface area contributed by atoms with Crippen molar-refractivity contribution >= 4 is 22.5 Å². The first-order chi connectivity index (χ1) is 12.6. The summed E-state index contributed by atoms with van der Waals surface area (Å²) in [6, 6.07) is 12.6. The minimum absolute atomic E-state index is 0.0595. The Balaban J connectivity index is 1.86. The van der Waals surface area contributed by atoms with E-state index in [0.717, 1.165) is 30.4 Å². The fourth-order valence-corrected chi connectivity index (χ4v) is 3.00. The zero-order valence-corrected chi connectivity index (χ0v) is 14.7. The first-order valence-corrected chi connectivity index (χ1v) is 8.78. The number of aromatic nitrogens is 1. The summed E-state index contributed by atoms with van der Waals surface area (Å²) in [4.78, 5) is 28.1. The predicted molar refractivity (Wildman–Crippen MR) is 103 cm³/mol. The summed E-state index contributed by atoms with van der Waals surface area (Å²) >= 11 is 0. The highest BCUT2D eigenvalue weighted by atomic mass is 16.3. The van der Waals surface area contributed by atoms with Gasteiger partial charge < -0.3 is 15.4 Å². The van der Waals surface area contributed by atoms with Crippen LogP contribution in [0.1, 0.15) is 41.3 Å². The zero-order chi connectivity index (χ0) is 18.5. The van der Waals surface area contributed by atoms with Gasteiger partial charge in [-0.3, -0.25) is 9.59 Å². The summed E-state index contributed by atoms with van der Waals surface area (Å²) in [7, 11) is 0. The second-order valence-corrected chi connectivity index (χ2v) is 6.28. The number of amides is 1. The molecule has 0 saturated carbocycles. The lowest BCUT2D eigenvalue weighted by Crippen LogP contribution is -2.22. The summed E-state index contributed by atoms with van der Waals surface area (Å²) < 4.78 is 0. The van der Waals surface area contributed by atoms with Crippen LogP contribution in [0.5, 0.6) is 0 Å². The normalized spacial score (nSPS) is 10.8. The van der Waals surface area contributed by atoms with Gasteiger partial charge in [-0.05, 0) is 48.2 Å². The largest absolute Gasteiger partial charge is 0.392 e. The van der Waals surface area contributed by atoms with Gasteiger partial charge in [-0.2, -0.15) is 0 Å². The molecule has 0 spiro atoms. The van der Waals surface area contributed by atoms with Crippen LogP contribution in [-0.2, 0) is 13.0 Å². The van der Waals surface area contributed by atoms with Crippen LogP contribution >= 0.6 is 0 Å². The maximum Gasteiger partial charge on any atom is 0.261 e. The van der Waals surface area contributed by atoms with Crippen LogP contribution in [0.25, 0.3) is 10.9 Å². The second kappa shape index (κ2) is 7.97. The Morgan fingerprint density at radius 3 is 2.73 bits per heavy atom. The summed E-state index contributed by atoms with van der Waals surface area (Å²) in [6.07, 6.45) is 4.45. The standard InChI is InChI=1S/C21H22N2O3/c1-2-3-6-14-9-10-16(11-15(14)13-24)23-21(26)18-12-22-19-8-5-4-7-17(19)20(18)25/h4-5,7-12,24H,2-3,6,13H2,1H3,(H,22,25)(H,23,26). The van der Waals surface area contributed by atoms with E-state index in [9.17, 15) is 14.7 Å². The number of fused-ring (bicyclic) bond motifs is 1.